The molecule has 2 rings (SSSR count). The van der Waals surface area contributed by atoms with Crippen LogP contribution in [-0.2, 0) is 0 Å². The summed E-state index contributed by atoms with van der Waals surface area (Å²) in [5, 5.41) is 0. The van der Waals surface area contributed by atoms with E-state index in [4.69, 9.17) is 10.5 Å². The first-order valence-electron chi connectivity index (χ1n) is 6.16. The van der Waals surface area contributed by atoms with Crippen molar-refractivity contribution in [3.05, 3.63) is 18.2 Å². The Balaban J connectivity index is 2.09. The molecule has 1 aromatic rings. The lowest BCUT2D eigenvalue weighted by molar-refractivity contribution is 0.312. The van der Waals surface area contributed by atoms with Crippen LogP contribution in [0, 0.1) is 0 Å². The van der Waals surface area contributed by atoms with Crippen LogP contribution in [0.2, 0.25) is 0 Å². The van der Waals surface area contributed by atoms with Gasteiger partial charge in [0, 0.05) is 31.9 Å². The molecule has 1 fully saturated rings. The van der Waals surface area contributed by atoms with E-state index in [1.165, 1.54) is 5.69 Å². The van der Waals surface area contributed by atoms with Crippen molar-refractivity contribution in [3.8, 4) is 5.75 Å². The highest BCUT2D eigenvalue weighted by atomic mass is 16.5. The second-order valence-electron chi connectivity index (χ2n) is 4.45. The lowest BCUT2D eigenvalue weighted by Crippen LogP contribution is -2.44. The molecule has 0 saturated carbocycles. The number of hydrogen-bond donors (Lipinski definition) is 1. The highest BCUT2D eigenvalue weighted by molar-refractivity contribution is 5.63. The van der Waals surface area contributed by atoms with E-state index in [1.807, 2.05) is 19.1 Å². The van der Waals surface area contributed by atoms with E-state index in [-0.39, 0.29) is 0 Å². The van der Waals surface area contributed by atoms with Crippen molar-refractivity contribution in [1.29, 1.82) is 0 Å². The molecule has 4 nitrogen and oxygen atoms in total. The van der Waals surface area contributed by atoms with Crippen LogP contribution in [0.15, 0.2) is 18.2 Å². The molecule has 0 radical (unpaired) electrons. The van der Waals surface area contributed by atoms with Crippen molar-refractivity contribution in [2.24, 2.45) is 0 Å². The summed E-state index contributed by atoms with van der Waals surface area (Å²) in [6, 6.07) is 6.06. The summed E-state index contributed by atoms with van der Waals surface area (Å²) in [5.41, 5.74) is 7.90. The van der Waals surface area contributed by atoms with Gasteiger partial charge in [-0.15, -0.1) is 0 Å². The number of rotatable bonds is 3. The molecule has 0 aromatic heterocycles. The molecule has 1 saturated heterocycles. The number of nitrogen functional groups attached to an aromatic ring is 1. The van der Waals surface area contributed by atoms with Crippen molar-refractivity contribution < 1.29 is 4.74 Å². The van der Waals surface area contributed by atoms with Gasteiger partial charge in [0.25, 0.3) is 0 Å². The number of benzene rings is 1. The predicted octanol–water partition coefficient (Wildman–Crippen LogP) is 1.42. The van der Waals surface area contributed by atoms with Gasteiger partial charge in [-0.2, -0.15) is 0 Å². The van der Waals surface area contributed by atoms with Crippen LogP contribution in [0.3, 0.4) is 0 Å². The SMILES string of the molecule is CCOc1ccc(N2CCN(C)CC2)cc1N. The van der Waals surface area contributed by atoms with E-state index in [1.54, 1.807) is 0 Å². The highest BCUT2D eigenvalue weighted by Crippen LogP contribution is 2.27. The van der Waals surface area contributed by atoms with Gasteiger partial charge in [0.2, 0.25) is 0 Å². The van der Waals surface area contributed by atoms with Crippen molar-refractivity contribution in [1.82, 2.24) is 4.90 Å². The number of piperazine rings is 1. The Morgan fingerprint density at radius 3 is 2.53 bits per heavy atom. The van der Waals surface area contributed by atoms with Crippen molar-refractivity contribution in [2.75, 3.05) is 50.5 Å². The van der Waals surface area contributed by atoms with Crippen LogP contribution >= 0.6 is 0 Å². The molecule has 0 aliphatic carbocycles. The van der Waals surface area contributed by atoms with E-state index in [2.05, 4.69) is 22.9 Å². The normalized spacial score (nSPS) is 17.2. The zero-order valence-corrected chi connectivity index (χ0v) is 10.6. The van der Waals surface area contributed by atoms with Gasteiger partial charge in [-0.3, -0.25) is 0 Å². The van der Waals surface area contributed by atoms with Gasteiger partial charge in [0.05, 0.1) is 12.3 Å². The highest BCUT2D eigenvalue weighted by Gasteiger charge is 2.15. The fourth-order valence-electron chi connectivity index (χ4n) is 2.08. The van der Waals surface area contributed by atoms with Gasteiger partial charge in [0.15, 0.2) is 0 Å². The van der Waals surface area contributed by atoms with Gasteiger partial charge < -0.3 is 20.3 Å². The van der Waals surface area contributed by atoms with Crippen molar-refractivity contribution in [3.63, 3.8) is 0 Å². The Bertz CT molecular complexity index is 373. The fraction of sp³-hybridized carbons (Fsp3) is 0.538. The first-order chi connectivity index (χ1) is 8.20. The third-order valence-electron chi connectivity index (χ3n) is 3.16. The summed E-state index contributed by atoms with van der Waals surface area (Å²) in [6.45, 7) is 6.94. The van der Waals surface area contributed by atoms with Crippen LogP contribution in [0.4, 0.5) is 11.4 Å². The van der Waals surface area contributed by atoms with Gasteiger partial charge in [0.1, 0.15) is 5.75 Å². The number of nitrogens with two attached hydrogens (primary N) is 1. The first-order valence-corrected chi connectivity index (χ1v) is 6.16. The smallest absolute Gasteiger partial charge is 0.142 e. The van der Waals surface area contributed by atoms with Gasteiger partial charge in [-0.1, -0.05) is 0 Å². The van der Waals surface area contributed by atoms with Crippen molar-refractivity contribution >= 4 is 11.4 Å². The molecule has 0 spiro atoms. The molecule has 2 N–H and O–H groups in total. The van der Waals surface area contributed by atoms with E-state index in [9.17, 15) is 0 Å². The molecular weight excluding hydrogens is 214 g/mol. The van der Waals surface area contributed by atoms with Crippen molar-refractivity contribution in [2.45, 2.75) is 6.92 Å². The van der Waals surface area contributed by atoms with E-state index in [0.717, 1.165) is 37.6 Å². The monoisotopic (exact) mass is 235 g/mol. The van der Waals surface area contributed by atoms with Gasteiger partial charge >= 0.3 is 0 Å². The Morgan fingerprint density at radius 2 is 1.94 bits per heavy atom. The zero-order chi connectivity index (χ0) is 12.3. The summed E-state index contributed by atoms with van der Waals surface area (Å²) in [6.07, 6.45) is 0. The summed E-state index contributed by atoms with van der Waals surface area (Å²) >= 11 is 0. The Labute approximate surface area is 103 Å². The molecule has 4 heteroatoms. The van der Waals surface area contributed by atoms with E-state index in [0.29, 0.717) is 6.61 Å². The minimum atomic E-state index is 0.651. The van der Waals surface area contributed by atoms with E-state index < -0.39 is 0 Å². The maximum absolute atomic E-state index is 5.98. The number of anilines is 2. The third-order valence-corrected chi connectivity index (χ3v) is 3.16. The summed E-state index contributed by atoms with van der Waals surface area (Å²) in [5.74, 6) is 0.783. The van der Waals surface area contributed by atoms with Gasteiger partial charge in [-0.25, -0.2) is 0 Å². The van der Waals surface area contributed by atoms with Gasteiger partial charge in [-0.05, 0) is 32.2 Å². The van der Waals surface area contributed by atoms with Crippen LogP contribution < -0.4 is 15.4 Å². The fourth-order valence-corrected chi connectivity index (χ4v) is 2.08. The molecule has 1 aliphatic heterocycles. The Hall–Kier alpha value is -1.42. The average molecular weight is 235 g/mol. The number of likely N-dealkylation sites (N-methyl/N-ethyl adjacent to an activating group) is 1. The third kappa shape index (κ3) is 2.82. The maximum Gasteiger partial charge on any atom is 0.142 e. The molecule has 0 bridgehead atoms. The number of nitrogens with zero attached hydrogens (tertiary/aromatic N) is 2. The first kappa shape index (κ1) is 12.0. The minimum Gasteiger partial charge on any atom is -0.492 e. The molecule has 94 valence electrons. The van der Waals surface area contributed by atoms with E-state index >= 15 is 0 Å². The average Bonchev–Trinajstić information content (AvgIpc) is 2.33. The number of hydrogen-bond acceptors (Lipinski definition) is 4. The Morgan fingerprint density at radius 1 is 1.24 bits per heavy atom. The minimum absolute atomic E-state index is 0.651. The second kappa shape index (κ2) is 5.27. The molecule has 17 heavy (non-hydrogen) atoms. The molecule has 1 aliphatic rings. The quantitative estimate of drug-likeness (QED) is 0.805. The van der Waals surface area contributed by atoms with Crippen LogP contribution in [-0.4, -0.2) is 44.7 Å². The second-order valence-corrected chi connectivity index (χ2v) is 4.45. The predicted molar refractivity (Wildman–Crippen MR) is 71.7 cm³/mol. The summed E-state index contributed by atoms with van der Waals surface area (Å²) in [4.78, 5) is 4.71. The lowest BCUT2D eigenvalue weighted by Gasteiger charge is -2.34. The standard InChI is InChI=1S/C13H21N3O/c1-3-17-13-5-4-11(10-12(13)14)16-8-6-15(2)7-9-16/h4-5,10H,3,6-9,14H2,1-2H3. The maximum atomic E-state index is 5.98. The molecule has 0 amide bonds. The molecule has 1 aromatic carbocycles. The van der Waals surface area contributed by atoms with Crippen LogP contribution in [0.5, 0.6) is 5.75 Å². The lowest BCUT2D eigenvalue weighted by atomic mass is 10.2. The molecule has 1 heterocycles. The molecule has 0 unspecified atom stereocenters. The van der Waals surface area contributed by atoms with Crippen LogP contribution in [0.1, 0.15) is 6.92 Å². The zero-order valence-electron chi connectivity index (χ0n) is 10.6. The summed E-state index contributed by atoms with van der Waals surface area (Å²) in [7, 11) is 2.16. The molecular formula is C13H21N3O. The topological polar surface area (TPSA) is 41.7 Å². The largest absolute Gasteiger partial charge is 0.492 e. The van der Waals surface area contributed by atoms with Crippen LogP contribution in [0.25, 0.3) is 0 Å². The number of ether oxygens (including phenoxy) is 1. The summed E-state index contributed by atoms with van der Waals surface area (Å²) < 4.78 is 5.44. The molecule has 0 atom stereocenters. The Kier molecular flexibility index (Phi) is 3.74.